The zero-order chi connectivity index (χ0) is 15.0. The lowest BCUT2D eigenvalue weighted by Crippen LogP contribution is -2.47. The number of hydrogen-bond acceptors (Lipinski definition) is 5. The summed E-state index contributed by atoms with van der Waals surface area (Å²) >= 11 is 0. The second-order valence-corrected chi connectivity index (χ2v) is 5.05. The number of aromatic hydroxyl groups is 1. The van der Waals surface area contributed by atoms with Gasteiger partial charge in [-0.2, -0.15) is 0 Å². The predicted molar refractivity (Wildman–Crippen MR) is 69.4 cm³/mol. The number of nitrogens with zero attached hydrogens (tertiary/aromatic N) is 4. The highest BCUT2D eigenvalue weighted by Gasteiger charge is 2.29. The van der Waals surface area contributed by atoms with Gasteiger partial charge in [-0.05, 0) is 17.7 Å². The number of carboxylic acids is 1. The number of carbonyl (C=O) groups is 1. The largest absolute Gasteiger partial charge is 0.508 e. The Morgan fingerprint density at radius 3 is 2.76 bits per heavy atom. The lowest BCUT2D eigenvalue weighted by atomic mass is 10.1. The summed E-state index contributed by atoms with van der Waals surface area (Å²) in [6.45, 7) is 1.85. The van der Waals surface area contributed by atoms with Crippen molar-refractivity contribution < 1.29 is 19.4 Å². The van der Waals surface area contributed by atoms with Crippen LogP contribution >= 0.6 is 0 Å². The highest BCUT2D eigenvalue weighted by molar-refractivity contribution is 5.84. The van der Waals surface area contributed by atoms with Crippen molar-refractivity contribution in [3.05, 3.63) is 41.5 Å². The molecule has 8 heteroatoms. The van der Waals surface area contributed by atoms with E-state index in [0.29, 0.717) is 25.2 Å². The molecule has 110 valence electrons. The van der Waals surface area contributed by atoms with Crippen LogP contribution in [0.5, 0.6) is 5.75 Å². The van der Waals surface area contributed by atoms with Crippen molar-refractivity contribution in [1.82, 2.24) is 19.9 Å². The fraction of sp³-hybridized carbons (Fsp3) is 0.308. The molecule has 0 radical (unpaired) electrons. The predicted octanol–water partition coefficient (Wildman–Crippen LogP) is 0.878. The van der Waals surface area contributed by atoms with Gasteiger partial charge in [0, 0.05) is 25.7 Å². The average molecular weight is 292 g/mol. The third kappa shape index (κ3) is 2.84. The Bertz CT molecular complexity index is 662. The van der Waals surface area contributed by atoms with Crippen molar-refractivity contribution >= 4 is 5.97 Å². The Hall–Kier alpha value is -2.48. The first-order chi connectivity index (χ1) is 10.0. The molecule has 2 N–H and O–H groups in total. The van der Waals surface area contributed by atoms with Gasteiger partial charge in [0.15, 0.2) is 5.69 Å². The van der Waals surface area contributed by atoms with Crippen LogP contribution in [0.15, 0.2) is 24.4 Å². The lowest BCUT2D eigenvalue weighted by Gasteiger charge is -2.38. The van der Waals surface area contributed by atoms with E-state index in [4.69, 9.17) is 5.11 Å². The van der Waals surface area contributed by atoms with Gasteiger partial charge in [0.2, 0.25) is 0 Å². The molecule has 2 heterocycles. The standard InChI is InChI=1S/C13H13FN4O3/c14-9-1-8(2-11(19)3-9)4-17-5-10(6-17)18-7-12(13(20)21)15-16-18/h1-3,7,10,19H,4-6H2,(H,20,21). The molecule has 0 atom stereocenters. The molecule has 0 saturated carbocycles. The van der Waals surface area contributed by atoms with Gasteiger partial charge in [-0.1, -0.05) is 5.21 Å². The minimum atomic E-state index is -1.10. The fourth-order valence-electron chi connectivity index (χ4n) is 2.38. The third-order valence-corrected chi connectivity index (χ3v) is 3.39. The molecule has 0 unspecified atom stereocenters. The minimum absolute atomic E-state index is 0.0627. The Kier molecular flexibility index (Phi) is 3.30. The fourth-order valence-corrected chi connectivity index (χ4v) is 2.38. The first-order valence-corrected chi connectivity index (χ1v) is 6.37. The number of benzene rings is 1. The van der Waals surface area contributed by atoms with E-state index in [-0.39, 0.29) is 17.5 Å². The minimum Gasteiger partial charge on any atom is -0.508 e. The molecular formula is C13H13FN4O3. The van der Waals surface area contributed by atoms with Crippen LogP contribution < -0.4 is 0 Å². The van der Waals surface area contributed by atoms with Crippen LogP contribution in [0.4, 0.5) is 4.39 Å². The quantitative estimate of drug-likeness (QED) is 0.869. The van der Waals surface area contributed by atoms with Gasteiger partial charge in [-0.25, -0.2) is 13.9 Å². The molecule has 0 amide bonds. The first kappa shape index (κ1) is 13.5. The highest BCUT2D eigenvalue weighted by Crippen LogP contribution is 2.24. The number of aromatic nitrogens is 3. The number of phenols is 1. The molecule has 0 spiro atoms. The maximum Gasteiger partial charge on any atom is 0.358 e. The molecule has 21 heavy (non-hydrogen) atoms. The van der Waals surface area contributed by atoms with Gasteiger partial charge in [0.1, 0.15) is 11.6 Å². The van der Waals surface area contributed by atoms with E-state index in [1.165, 1.54) is 23.0 Å². The Balaban J connectivity index is 1.59. The van der Waals surface area contributed by atoms with Crippen LogP contribution in [0.1, 0.15) is 22.1 Å². The number of halogens is 1. The first-order valence-electron chi connectivity index (χ1n) is 6.37. The van der Waals surface area contributed by atoms with Gasteiger partial charge >= 0.3 is 5.97 Å². The second-order valence-electron chi connectivity index (χ2n) is 5.05. The van der Waals surface area contributed by atoms with E-state index in [1.807, 2.05) is 4.90 Å². The number of hydrogen-bond donors (Lipinski definition) is 2. The number of carboxylic acid groups (broad SMARTS) is 1. The van der Waals surface area contributed by atoms with E-state index in [9.17, 15) is 14.3 Å². The van der Waals surface area contributed by atoms with Gasteiger partial charge in [-0.3, -0.25) is 4.90 Å². The second kappa shape index (κ2) is 5.13. The zero-order valence-corrected chi connectivity index (χ0v) is 11.0. The Labute approximate surface area is 119 Å². The van der Waals surface area contributed by atoms with Crippen molar-refractivity contribution in [2.45, 2.75) is 12.6 Å². The normalized spacial score (nSPS) is 15.9. The maximum absolute atomic E-state index is 13.2. The van der Waals surface area contributed by atoms with Crippen LogP contribution in [-0.2, 0) is 6.54 Å². The summed E-state index contributed by atoms with van der Waals surface area (Å²) in [6, 6.07) is 4.03. The van der Waals surface area contributed by atoms with Gasteiger partial charge in [-0.15, -0.1) is 5.10 Å². The van der Waals surface area contributed by atoms with Gasteiger partial charge in [0.25, 0.3) is 0 Å². The number of rotatable bonds is 4. The van der Waals surface area contributed by atoms with Crippen molar-refractivity contribution in [3.63, 3.8) is 0 Å². The summed E-state index contributed by atoms with van der Waals surface area (Å²) in [5, 5.41) is 25.5. The van der Waals surface area contributed by atoms with Crippen molar-refractivity contribution in [3.8, 4) is 5.75 Å². The summed E-state index contributed by atoms with van der Waals surface area (Å²) < 4.78 is 14.7. The maximum atomic E-state index is 13.2. The van der Waals surface area contributed by atoms with E-state index >= 15 is 0 Å². The summed E-state index contributed by atoms with van der Waals surface area (Å²) in [5.41, 5.74) is 0.610. The number of phenolic OH excluding ortho intramolecular Hbond substituents is 1. The monoisotopic (exact) mass is 292 g/mol. The van der Waals surface area contributed by atoms with Crippen molar-refractivity contribution in [1.29, 1.82) is 0 Å². The van der Waals surface area contributed by atoms with Crippen LogP contribution in [-0.4, -0.2) is 49.2 Å². The molecule has 1 fully saturated rings. The van der Waals surface area contributed by atoms with Crippen LogP contribution in [0.25, 0.3) is 0 Å². The summed E-state index contributed by atoms with van der Waals surface area (Å²) in [6.07, 6.45) is 1.40. The van der Waals surface area contributed by atoms with E-state index in [0.717, 1.165) is 6.07 Å². The molecular weight excluding hydrogens is 279 g/mol. The van der Waals surface area contributed by atoms with Gasteiger partial charge in [0.05, 0.1) is 12.2 Å². The number of likely N-dealkylation sites (tertiary alicyclic amines) is 1. The Morgan fingerprint density at radius 2 is 2.14 bits per heavy atom. The molecule has 1 aromatic carbocycles. The molecule has 0 bridgehead atoms. The topological polar surface area (TPSA) is 91.5 Å². The average Bonchev–Trinajstić information content (AvgIpc) is 2.81. The zero-order valence-electron chi connectivity index (χ0n) is 11.0. The van der Waals surface area contributed by atoms with Crippen LogP contribution in [0, 0.1) is 5.82 Å². The van der Waals surface area contributed by atoms with E-state index in [1.54, 1.807) is 0 Å². The molecule has 1 aliphatic rings. The SMILES string of the molecule is O=C(O)c1cn(C2CN(Cc3cc(O)cc(F)c3)C2)nn1. The smallest absolute Gasteiger partial charge is 0.358 e. The van der Waals surface area contributed by atoms with E-state index in [2.05, 4.69) is 10.3 Å². The lowest BCUT2D eigenvalue weighted by molar-refractivity contribution is 0.0690. The van der Waals surface area contributed by atoms with Crippen molar-refractivity contribution in [2.75, 3.05) is 13.1 Å². The summed E-state index contributed by atoms with van der Waals surface area (Å²) in [5.74, 6) is -1.67. The van der Waals surface area contributed by atoms with Gasteiger partial charge < -0.3 is 10.2 Å². The molecule has 7 nitrogen and oxygen atoms in total. The van der Waals surface area contributed by atoms with Crippen molar-refractivity contribution in [2.24, 2.45) is 0 Å². The highest BCUT2D eigenvalue weighted by atomic mass is 19.1. The summed E-state index contributed by atoms with van der Waals surface area (Å²) in [7, 11) is 0. The summed E-state index contributed by atoms with van der Waals surface area (Å²) in [4.78, 5) is 12.8. The molecule has 1 aromatic heterocycles. The Morgan fingerprint density at radius 1 is 1.38 bits per heavy atom. The molecule has 1 saturated heterocycles. The number of aromatic carboxylic acids is 1. The van der Waals surface area contributed by atoms with E-state index < -0.39 is 11.8 Å². The molecule has 1 aliphatic heterocycles. The van der Waals surface area contributed by atoms with Crippen LogP contribution in [0.2, 0.25) is 0 Å². The molecule has 3 rings (SSSR count). The molecule has 2 aromatic rings. The molecule has 0 aliphatic carbocycles. The third-order valence-electron chi connectivity index (χ3n) is 3.39. The van der Waals surface area contributed by atoms with Crippen LogP contribution in [0.3, 0.4) is 0 Å².